The first-order valence-corrected chi connectivity index (χ1v) is 12.0. The SMILES string of the molecule is Cc1ccc2oc(-c3c[nH]nc3-c3ccc(NC(=O)CCCCC(=O)c4ccccc4)cc3)nc2c1. The van der Waals surface area contributed by atoms with Gasteiger partial charge in [0.2, 0.25) is 11.8 Å². The largest absolute Gasteiger partial charge is 0.436 e. The zero-order valence-electron chi connectivity index (χ0n) is 20.0. The molecule has 0 atom stereocenters. The molecule has 0 spiro atoms. The summed E-state index contributed by atoms with van der Waals surface area (Å²) in [6, 6.07) is 22.6. The molecular weight excluding hydrogens is 452 g/mol. The number of oxazole rings is 1. The fraction of sp³-hybridized carbons (Fsp3) is 0.172. The van der Waals surface area contributed by atoms with Crippen molar-refractivity contribution in [1.29, 1.82) is 0 Å². The molecule has 2 N–H and O–H groups in total. The zero-order valence-corrected chi connectivity index (χ0v) is 20.0. The maximum absolute atomic E-state index is 12.4. The predicted molar refractivity (Wildman–Crippen MR) is 140 cm³/mol. The number of benzene rings is 3. The maximum atomic E-state index is 12.4. The molecule has 1 amide bonds. The van der Waals surface area contributed by atoms with Crippen molar-refractivity contribution in [1.82, 2.24) is 15.2 Å². The first-order chi connectivity index (χ1) is 17.6. The molecule has 180 valence electrons. The Labute approximate surface area is 208 Å². The molecule has 0 radical (unpaired) electrons. The summed E-state index contributed by atoms with van der Waals surface area (Å²) < 4.78 is 5.94. The Morgan fingerprint density at radius 3 is 2.53 bits per heavy atom. The van der Waals surface area contributed by atoms with E-state index >= 15 is 0 Å². The van der Waals surface area contributed by atoms with Gasteiger partial charge in [0.25, 0.3) is 0 Å². The molecule has 0 fully saturated rings. The topological polar surface area (TPSA) is 101 Å². The first-order valence-electron chi connectivity index (χ1n) is 12.0. The standard InChI is InChI=1S/C29H26N4O3/c1-19-11-16-26-24(17-19)32-29(36-26)23-18-30-33-28(23)21-12-14-22(15-13-21)31-27(35)10-6-5-9-25(34)20-7-3-2-4-8-20/h2-4,7-8,11-18H,5-6,9-10H2,1H3,(H,30,33)(H,31,35). The summed E-state index contributed by atoms with van der Waals surface area (Å²) in [5, 5.41) is 10.2. The number of ketones is 1. The van der Waals surface area contributed by atoms with Gasteiger partial charge in [0.15, 0.2) is 11.4 Å². The molecule has 5 rings (SSSR count). The van der Waals surface area contributed by atoms with E-state index in [1.807, 2.05) is 79.7 Å². The van der Waals surface area contributed by atoms with Crippen LogP contribution < -0.4 is 5.32 Å². The molecule has 0 bridgehead atoms. The van der Waals surface area contributed by atoms with Crippen molar-refractivity contribution in [2.45, 2.75) is 32.6 Å². The zero-order chi connectivity index (χ0) is 24.9. The number of carbonyl (C=O) groups is 2. The molecule has 0 aliphatic rings. The number of aryl methyl sites for hydroxylation is 1. The summed E-state index contributed by atoms with van der Waals surface area (Å²) >= 11 is 0. The van der Waals surface area contributed by atoms with Crippen molar-refractivity contribution in [2.24, 2.45) is 0 Å². The Hall–Kier alpha value is -4.52. The summed E-state index contributed by atoms with van der Waals surface area (Å²) in [6.07, 6.45) is 3.91. The van der Waals surface area contributed by atoms with Gasteiger partial charge in [0, 0.05) is 35.9 Å². The highest BCUT2D eigenvalue weighted by Gasteiger charge is 2.16. The summed E-state index contributed by atoms with van der Waals surface area (Å²) in [7, 11) is 0. The van der Waals surface area contributed by atoms with Crippen LogP contribution in [-0.2, 0) is 4.79 Å². The van der Waals surface area contributed by atoms with Gasteiger partial charge in [0.05, 0.1) is 5.56 Å². The van der Waals surface area contributed by atoms with E-state index in [2.05, 4.69) is 20.5 Å². The van der Waals surface area contributed by atoms with Crippen LogP contribution in [0, 0.1) is 6.92 Å². The fourth-order valence-electron chi connectivity index (χ4n) is 4.10. The lowest BCUT2D eigenvalue weighted by Gasteiger charge is -2.07. The van der Waals surface area contributed by atoms with Crippen LogP contribution in [0.5, 0.6) is 0 Å². The maximum Gasteiger partial charge on any atom is 0.231 e. The average Bonchev–Trinajstić information content (AvgIpc) is 3.54. The van der Waals surface area contributed by atoms with Gasteiger partial charge >= 0.3 is 0 Å². The number of aromatic nitrogens is 3. The number of hydrogen-bond acceptors (Lipinski definition) is 5. The van der Waals surface area contributed by atoms with Crippen LogP contribution in [-0.4, -0.2) is 26.9 Å². The smallest absolute Gasteiger partial charge is 0.231 e. The number of aromatic amines is 1. The molecule has 0 aliphatic carbocycles. The molecule has 0 unspecified atom stereocenters. The fourth-order valence-corrected chi connectivity index (χ4v) is 4.10. The van der Waals surface area contributed by atoms with Crippen molar-refractivity contribution in [3.05, 3.63) is 90.1 Å². The van der Waals surface area contributed by atoms with Gasteiger partial charge < -0.3 is 9.73 Å². The molecule has 2 aromatic heterocycles. The molecule has 2 heterocycles. The third-order valence-corrected chi connectivity index (χ3v) is 6.01. The van der Waals surface area contributed by atoms with Gasteiger partial charge in [-0.15, -0.1) is 0 Å². The molecule has 0 aliphatic heterocycles. The van der Waals surface area contributed by atoms with Crippen LogP contribution in [0.4, 0.5) is 5.69 Å². The number of anilines is 1. The van der Waals surface area contributed by atoms with Crippen molar-refractivity contribution in [3.63, 3.8) is 0 Å². The lowest BCUT2D eigenvalue weighted by atomic mass is 10.0. The summed E-state index contributed by atoms with van der Waals surface area (Å²) in [4.78, 5) is 29.1. The summed E-state index contributed by atoms with van der Waals surface area (Å²) in [5.74, 6) is 0.539. The van der Waals surface area contributed by atoms with Crippen LogP contribution >= 0.6 is 0 Å². The first kappa shape index (κ1) is 23.2. The lowest BCUT2D eigenvalue weighted by Crippen LogP contribution is -2.11. The molecule has 0 saturated heterocycles. The van der Waals surface area contributed by atoms with Crippen LogP contribution in [0.2, 0.25) is 0 Å². The number of Topliss-reactive ketones (excluding diaryl/α,β-unsaturated/α-hetero) is 1. The van der Waals surface area contributed by atoms with Crippen molar-refractivity contribution in [3.8, 4) is 22.7 Å². The van der Waals surface area contributed by atoms with Crippen LogP contribution in [0.15, 0.2) is 83.4 Å². The Morgan fingerprint density at radius 1 is 0.944 bits per heavy atom. The minimum absolute atomic E-state index is 0.0721. The van der Waals surface area contributed by atoms with E-state index in [-0.39, 0.29) is 11.7 Å². The average molecular weight is 479 g/mol. The van der Waals surface area contributed by atoms with E-state index in [4.69, 9.17) is 4.42 Å². The second-order valence-corrected chi connectivity index (χ2v) is 8.76. The number of unbranched alkanes of at least 4 members (excludes halogenated alkanes) is 1. The third-order valence-electron chi connectivity index (χ3n) is 6.01. The Bertz CT molecular complexity index is 1500. The van der Waals surface area contributed by atoms with Crippen LogP contribution in [0.3, 0.4) is 0 Å². The van der Waals surface area contributed by atoms with Crippen molar-refractivity contribution < 1.29 is 14.0 Å². The normalized spacial score (nSPS) is 11.0. The van der Waals surface area contributed by atoms with Crippen LogP contribution in [0.1, 0.15) is 41.6 Å². The molecule has 7 heteroatoms. The highest BCUT2D eigenvalue weighted by atomic mass is 16.3. The minimum atomic E-state index is -0.0721. The van der Waals surface area contributed by atoms with Gasteiger partial charge in [-0.25, -0.2) is 4.98 Å². The van der Waals surface area contributed by atoms with E-state index in [9.17, 15) is 9.59 Å². The van der Waals surface area contributed by atoms with E-state index in [0.29, 0.717) is 42.8 Å². The Morgan fingerprint density at radius 2 is 1.72 bits per heavy atom. The molecular formula is C29H26N4O3. The van der Waals surface area contributed by atoms with E-state index < -0.39 is 0 Å². The molecule has 36 heavy (non-hydrogen) atoms. The molecule has 3 aromatic carbocycles. The quantitative estimate of drug-likeness (QED) is 0.184. The highest BCUT2D eigenvalue weighted by Crippen LogP contribution is 2.32. The number of nitrogens with zero attached hydrogens (tertiary/aromatic N) is 2. The van der Waals surface area contributed by atoms with E-state index in [1.165, 1.54) is 0 Å². The summed E-state index contributed by atoms with van der Waals surface area (Å²) in [6.45, 7) is 2.02. The lowest BCUT2D eigenvalue weighted by molar-refractivity contribution is -0.116. The van der Waals surface area contributed by atoms with Gasteiger partial charge in [-0.05, 0) is 49.6 Å². The minimum Gasteiger partial charge on any atom is -0.436 e. The number of H-pyrrole nitrogens is 1. The second kappa shape index (κ2) is 10.4. The van der Waals surface area contributed by atoms with Gasteiger partial charge in [-0.3, -0.25) is 14.7 Å². The highest BCUT2D eigenvalue weighted by molar-refractivity contribution is 5.96. The molecule has 5 aromatic rings. The van der Waals surface area contributed by atoms with Crippen molar-refractivity contribution >= 4 is 28.5 Å². The summed E-state index contributed by atoms with van der Waals surface area (Å²) in [5.41, 5.74) is 6.44. The number of rotatable bonds is 9. The molecule has 0 saturated carbocycles. The van der Waals surface area contributed by atoms with Gasteiger partial charge in [-0.1, -0.05) is 48.5 Å². The van der Waals surface area contributed by atoms with Gasteiger partial charge in [0.1, 0.15) is 11.2 Å². The third kappa shape index (κ3) is 5.25. The Balaban J connectivity index is 1.17. The number of hydrogen-bond donors (Lipinski definition) is 2. The Kier molecular flexibility index (Phi) is 6.71. The van der Waals surface area contributed by atoms with Crippen molar-refractivity contribution in [2.75, 3.05) is 5.32 Å². The predicted octanol–water partition coefficient (Wildman–Crippen LogP) is 6.58. The van der Waals surface area contributed by atoms with Gasteiger partial charge in [-0.2, -0.15) is 5.10 Å². The number of amides is 1. The monoisotopic (exact) mass is 478 g/mol. The van der Waals surface area contributed by atoms with E-state index in [1.54, 1.807) is 6.20 Å². The number of fused-ring (bicyclic) bond motifs is 1. The van der Waals surface area contributed by atoms with E-state index in [0.717, 1.165) is 33.5 Å². The molecule has 7 nitrogen and oxygen atoms in total. The van der Waals surface area contributed by atoms with Crippen LogP contribution in [0.25, 0.3) is 33.8 Å². The number of carbonyl (C=O) groups excluding carboxylic acids is 2. The second-order valence-electron chi connectivity index (χ2n) is 8.76. The number of nitrogens with one attached hydrogen (secondary N) is 2.